The fourth-order valence-electron chi connectivity index (χ4n) is 2.17. The van der Waals surface area contributed by atoms with E-state index in [4.69, 9.17) is 9.52 Å². The number of likely N-dealkylation sites (tertiary alicyclic amines) is 1. The van der Waals surface area contributed by atoms with Gasteiger partial charge in [0, 0.05) is 18.7 Å². The summed E-state index contributed by atoms with van der Waals surface area (Å²) in [6.07, 6.45) is 3.70. The Morgan fingerprint density at radius 1 is 1.59 bits per heavy atom. The summed E-state index contributed by atoms with van der Waals surface area (Å²) in [6, 6.07) is 3.63. The van der Waals surface area contributed by atoms with E-state index in [1.165, 1.54) is 25.3 Å². The number of carbonyl (C=O) groups is 1. The summed E-state index contributed by atoms with van der Waals surface area (Å²) < 4.78 is 5.14. The van der Waals surface area contributed by atoms with Crippen molar-refractivity contribution in [2.24, 2.45) is 0 Å². The van der Waals surface area contributed by atoms with Gasteiger partial charge in [-0.05, 0) is 32.5 Å². The second kappa shape index (κ2) is 5.23. The maximum Gasteiger partial charge on any atom is 0.371 e. The Balaban J connectivity index is 1.86. The van der Waals surface area contributed by atoms with Gasteiger partial charge in [0.1, 0.15) is 0 Å². The first-order valence-electron chi connectivity index (χ1n) is 5.94. The van der Waals surface area contributed by atoms with Gasteiger partial charge in [0.2, 0.25) is 5.76 Å². The van der Waals surface area contributed by atoms with Crippen LogP contribution in [0.3, 0.4) is 0 Å². The first-order valence-corrected chi connectivity index (χ1v) is 5.94. The van der Waals surface area contributed by atoms with E-state index < -0.39 is 5.97 Å². The Labute approximate surface area is 100 Å². The maximum absolute atomic E-state index is 10.6. The highest BCUT2D eigenvalue weighted by Crippen LogP contribution is 2.17. The molecule has 0 aromatic carbocycles. The summed E-state index contributed by atoms with van der Waals surface area (Å²) in [5.74, 6) is -0.529. The van der Waals surface area contributed by atoms with Crippen molar-refractivity contribution in [2.45, 2.75) is 25.3 Å². The fraction of sp³-hybridized carbons (Fsp3) is 0.583. The SMILES string of the molecule is CN1CCCCC1CNc1ccc(C(=O)O)o1. The second-order valence-corrected chi connectivity index (χ2v) is 4.48. The van der Waals surface area contributed by atoms with Gasteiger partial charge in [-0.1, -0.05) is 6.42 Å². The summed E-state index contributed by atoms with van der Waals surface area (Å²) >= 11 is 0. The van der Waals surface area contributed by atoms with E-state index >= 15 is 0 Å². The molecule has 1 aromatic rings. The van der Waals surface area contributed by atoms with E-state index in [0.717, 1.165) is 13.1 Å². The molecule has 1 aliphatic heterocycles. The van der Waals surface area contributed by atoms with Crippen molar-refractivity contribution in [1.29, 1.82) is 0 Å². The highest BCUT2D eigenvalue weighted by molar-refractivity contribution is 5.84. The summed E-state index contributed by atoms with van der Waals surface area (Å²) in [5.41, 5.74) is 0. The quantitative estimate of drug-likeness (QED) is 0.838. The van der Waals surface area contributed by atoms with Gasteiger partial charge >= 0.3 is 5.97 Å². The molecule has 1 unspecified atom stereocenters. The largest absolute Gasteiger partial charge is 0.475 e. The fourth-order valence-corrected chi connectivity index (χ4v) is 2.17. The number of aromatic carboxylic acids is 1. The van der Waals surface area contributed by atoms with Crippen molar-refractivity contribution in [3.63, 3.8) is 0 Å². The second-order valence-electron chi connectivity index (χ2n) is 4.48. The van der Waals surface area contributed by atoms with Crippen LogP contribution in [0.15, 0.2) is 16.5 Å². The lowest BCUT2D eigenvalue weighted by Gasteiger charge is -2.32. The summed E-state index contributed by atoms with van der Waals surface area (Å²) in [4.78, 5) is 13.0. The predicted molar refractivity (Wildman–Crippen MR) is 64.4 cm³/mol. The number of carboxylic acid groups (broad SMARTS) is 1. The molecule has 5 nitrogen and oxygen atoms in total. The Kier molecular flexibility index (Phi) is 3.68. The number of hydrogen-bond acceptors (Lipinski definition) is 4. The van der Waals surface area contributed by atoms with Crippen molar-refractivity contribution in [2.75, 3.05) is 25.5 Å². The molecule has 0 radical (unpaired) electrons. The number of nitrogens with zero attached hydrogens (tertiary/aromatic N) is 1. The summed E-state index contributed by atoms with van der Waals surface area (Å²) in [6.45, 7) is 1.92. The van der Waals surface area contributed by atoms with Gasteiger partial charge in [-0.25, -0.2) is 4.79 Å². The lowest BCUT2D eigenvalue weighted by Crippen LogP contribution is -2.40. The van der Waals surface area contributed by atoms with Crippen LogP contribution in [0.2, 0.25) is 0 Å². The van der Waals surface area contributed by atoms with E-state index in [1.807, 2.05) is 0 Å². The van der Waals surface area contributed by atoms with Crippen LogP contribution in [-0.2, 0) is 0 Å². The Hall–Kier alpha value is -1.49. The number of likely N-dealkylation sites (N-methyl/N-ethyl adjacent to an activating group) is 1. The molecule has 5 heteroatoms. The van der Waals surface area contributed by atoms with E-state index in [1.54, 1.807) is 6.07 Å². The van der Waals surface area contributed by atoms with Crippen molar-refractivity contribution >= 4 is 11.9 Å². The third-order valence-electron chi connectivity index (χ3n) is 3.25. The first kappa shape index (κ1) is 12.0. The Morgan fingerprint density at radius 2 is 2.41 bits per heavy atom. The van der Waals surface area contributed by atoms with Gasteiger partial charge < -0.3 is 19.7 Å². The molecular weight excluding hydrogens is 220 g/mol. The number of furan rings is 1. The molecular formula is C12H18N2O3. The molecule has 17 heavy (non-hydrogen) atoms. The molecule has 0 saturated carbocycles. The van der Waals surface area contributed by atoms with Crippen LogP contribution in [0.4, 0.5) is 5.88 Å². The zero-order valence-corrected chi connectivity index (χ0v) is 9.98. The van der Waals surface area contributed by atoms with Crippen LogP contribution in [0.25, 0.3) is 0 Å². The lowest BCUT2D eigenvalue weighted by atomic mass is 10.0. The van der Waals surface area contributed by atoms with Crippen LogP contribution < -0.4 is 5.32 Å². The standard InChI is InChI=1S/C12H18N2O3/c1-14-7-3-2-4-9(14)8-13-11-6-5-10(17-11)12(15)16/h5-6,9,13H,2-4,7-8H2,1H3,(H,15,16). The maximum atomic E-state index is 10.6. The molecule has 0 spiro atoms. The van der Waals surface area contributed by atoms with E-state index in [9.17, 15) is 4.79 Å². The van der Waals surface area contributed by atoms with Crippen molar-refractivity contribution in [3.05, 3.63) is 17.9 Å². The van der Waals surface area contributed by atoms with Gasteiger partial charge in [0.05, 0.1) is 0 Å². The number of piperidine rings is 1. The average Bonchev–Trinajstić information content (AvgIpc) is 2.77. The van der Waals surface area contributed by atoms with Crippen LogP contribution >= 0.6 is 0 Å². The molecule has 0 amide bonds. The van der Waals surface area contributed by atoms with Crippen molar-refractivity contribution < 1.29 is 14.3 Å². The monoisotopic (exact) mass is 238 g/mol. The van der Waals surface area contributed by atoms with Gasteiger partial charge in [0.15, 0.2) is 5.88 Å². The van der Waals surface area contributed by atoms with E-state index in [2.05, 4.69) is 17.3 Å². The zero-order valence-electron chi connectivity index (χ0n) is 9.98. The minimum atomic E-state index is -1.03. The molecule has 94 valence electrons. The van der Waals surface area contributed by atoms with E-state index in [-0.39, 0.29) is 5.76 Å². The van der Waals surface area contributed by atoms with Gasteiger partial charge in [-0.2, -0.15) is 0 Å². The predicted octanol–water partition coefficient (Wildman–Crippen LogP) is 1.87. The van der Waals surface area contributed by atoms with Crippen LogP contribution in [-0.4, -0.2) is 42.2 Å². The van der Waals surface area contributed by atoms with Crippen LogP contribution in [0.1, 0.15) is 29.8 Å². The van der Waals surface area contributed by atoms with Crippen LogP contribution in [0, 0.1) is 0 Å². The Bertz CT molecular complexity index is 389. The Morgan fingerprint density at radius 3 is 3.06 bits per heavy atom. The smallest absolute Gasteiger partial charge is 0.371 e. The normalized spacial score (nSPS) is 21.4. The first-order chi connectivity index (χ1) is 8.16. The van der Waals surface area contributed by atoms with E-state index in [0.29, 0.717) is 11.9 Å². The number of rotatable bonds is 4. The minimum absolute atomic E-state index is 0.0236. The highest BCUT2D eigenvalue weighted by Gasteiger charge is 2.19. The number of anilines is 1. The zero-order chi connectivity index (χ0) is 12.3. The lowest BCUT2D eigenvalue weighted by molar-refractivity contribution is 0.0663. The van der Waals surface area contributed by atoms with Gasteiger partial charge in [-0.15, -0.1) is 0 Å². The molecule has 1 aromatic heterocycles. The average molecular weight is 238 g/mol. The molecule has 2 rings (SSSR count). The van der Waals surface area contributed by atoms with Crippen molar-refractivity contribution in [3.8, 4) is 0 Å². The molecule has 1 saturated heterocycles. The van der Waals surface area contributed by atoms with Gasteiger partial charge in [0.25, 0.3) is 0 Å². The molecule has 1 aliphatic rings. The summed E-state index contributed by atoms with van der Waals surface area (Å²) in [7, 11) is 2.12. The number of carboxylic acids is 1. The van der Waals surface area contributed by atoms with Crippen molar-refractivity contribution in [1.82, 2.24) is 4.90 Å². The van der Waals surface area contributed by atoms with Crippen LogP contribution in [0.5, 0.6) is 0 Å². The molecule has 2 N–H and O–H groups in total. The highest BCUT2D eigenvalue weighted by atomic mass is 16.4. The molecule has 2 heterocycles. The van der Waals surface area contributed by atoms with Gasteiger partial charge in [-0.3, -0.25) is 0 Å². The minimum Gasteiger partial charge on any atom is -0.475 e. The topological polar surface area (TPSA) is 65.7 Å². The number of hydrogen-bond donors (Lipinski definition) is 2. The molecule has 0 bridgehead atoms. The molecule has 0 aliphatic carbocycles. The molecule has 1 atom stereocenters. The third kappa shape index (κ3) is 3.00. The number of nitrogens with one attached hydrogen (secondary N) is 1. The third-order valence-corrected chi connectivity index (χ3v) is 3.25. The molecule has 1 fully saturated rings. The summed E-state index contributed by atoms with van der Waals surface area (Å²) in [5, 5.41) is 11.9.